The fourth-order valence-electron chi connectivity index (χ4n) is 1.43. The molecule has 94 valence electrons. The van der Waals surface area contributed by atoms with Crippen LogP contribution in [0.5, 0.6) is 0 Å². The van der Waals surface area contributed by atoms with Crippen molar-refractivity contribution in [3.05, 3.63) is 39.8 Å². The summed E-state index contributed by atoms with van der Waals surface area (Å²) in [5.41, 5.74) is 0.859. The summed E-state index contributed by atoms with van der Waals surface area (Å²) in [4.78, 5) is 15.5. The minimum Gasteiger partial charge on any atom is -0.461 e. The number of carbonyl (C=O) groups excluding carboxylic acids is 1. The molecule has 0 fully saturated rings. The van der Waals surface area contributed by atoms with Gasteiger partial charge in [-0.25, -0.2) is 9.78 Å². The first-order chi connectivity index (χ1) is 8.63. The van der Waals surface area contributed by atoms with E-state index in [9.17, 15) is 4.79 Å². The summed E-state index contributed by atoms with van der Waals surface area (Å²) in [6.45, 7) is 2.02. The lowest BCUT2D eigenvalue weighted by molar-refractivity contribution is 0.0520. The van der Waals surface area contributed by atoms with Gasteiger partial charge in [0, 0.05) is 10.0 Å². The average Bonchev–Trinajstić information content (AvgIpc) is 2.82. The maximum absolute atomic E-state index is 11.7. The number of benzene rings is 1. The first kappa shape index (κ1) is 13.1. The van der Waals surface area contributed by atoms with Gasteiger partial charge in [-0.15, -0.1) is 0 Å². The second-order valence-electron chi connectivity index (χ2n) is 3.38. The number of carbonyl (C=O) groups is 1. The zero-order valence-electron chi connectivity index (χ0n) is 9.44. The van der Waals surface area contributed by atoms with Crippen LogP contribution in [-0.2, 0) is 4.74 Å². The third-order valence-corrected chi connectivity index (χ3v) is 3.43. The summed E-state index contributed by atoms with van der Waals surface area (Å²) in [5.74, 6) is -0.141. The molecule has 0 N–H and O–H groups in total. The van der Waals surface area contributed by atoms with Gasteiger partial charge in [-0.05, 0) is 41.1 Å². The zero-order valence-corrected chi connectivity index (χ0v) is 11.8. The van der Waals surface area contributed by atoms with Crippen LogP contribution in [-0.4, -0.2) is 17.6 Å². The van der Waals surface area contributed by atoms with Gasteiger partial charge in [0.1, 0.15) is 0 Å². The molecule has 0 aliphatic rings. The summed E-state index contributed by atoms with van der Waals surface area (Å²) < 4.78 is 10.9. The lowest BCUT2D eigenvalue weighted by Crippen LogP contribution is -2.06. The molecule has 4 nitrogen and oxygen atoms in total. The Morgan fingerprint density at radius 3 is 3.00 bits per heavy atom. The molecule has 2 rings (SSSR count). The molecular formula is C12H9BrClNO3. The van der Waals surface area contributed by atoms with Crippen LogP contribution in [0, 0.1) is 0 Å². The van der Waals surface area contributed by atoms with Crippen LogP contribution in [0.3, 0.4) is 0 Å². The van der Waals surface area contributed by atoms with Crippen LogP contribution in [0.25, 0.3) is 11.3 Å². The molecule has 0 radical (unpaired) electrons. The number of rotatable bonds is 3. The monoisotopic (exact) mass is 329 g/mol. The Labute approximate surface area is 117 Å². The highest BCUT2D eigenvalue weighted by atomic mass is 79.9. The zero-order chi connectivity index (χ0) is 13.1. The van der Waals surface area contributed by atoms with Gasteiger partial charge in [-0.1, -0.05) is 11.6 Å². The number of oxazole rings is 1. The van der Waals surface area contributed by atoms with E-state index in [1.165, 1.54) is 6.39 Å². The molecule has 2 aromatic rings. The molecule has 0 unspecified atom stereocenters. The lowest BCUT2D eigenvalue weighted by Gasteiger charge is -2.03. The molecule has 18 heavy (non-hydrogen) atoms. The molecule has 1 aromatic carbocycles. The van der Waals surface area contributed by atoms with Gasteiger partial charge in [0.15, 0.2) is 17.8 Å². The number of hydrogen-bond acceptors (Lipinski definition) is 4. The molecular weight excluding hydrogens is 321 g/mol. The third-order valence-electron chi connectivity index (χ3n) is 2.22. The fourth-order valence-corrected chi connectivity index (χ4v) is 1.93. The van der Waals surface area contributed by atoms with E-state index < -0.39 is 5.97 Å². The first-order valence-electron chi connectivity index (χ1n) is 5.19. The van der Waals surface area contributed by atoms with Crippen LogP contribution in [0.15, 0.2) is 33.5 Å². The minimum absolute atomic E-state index is 0.158. The van der Waals surface area contributed by atoms with E-state index in [2.05, 4.69) is 20.9 Å². The van der Waals surface area contributed by atoms with Crippen molar-refractivity contribution in [3.8, 4) is 11.3 Å². The van der Waals surface area contributed by atoms with Crippen LogP contribution in [0.4, 0.5) is 0 Å². The summed E-state index contributed by atoms with van der Waals surface area (Å²) in [5, 5.41) is 0.580. The normalized spacial score (nSPS) is 10.4. The van der Waals surface area contributed by atoms with Crippen molar-refractivity contribution < 1.29 is 13.9 Å². The number of nitrogens with zero attached hydrogens (tertiary/aromatic N) is 1. The average molecular weight is 331 g/mol. The summed E-state index contributed by atoms with van der Waals surface area (Å²) in [6.07, 6.45) is 1.21. The molecule has 0 atom stereocenters. The van der Waals surface area contributed by atoms with E-state index in [4.69, 9.17) is 20.8 Å². The van der Waals surface area contributed by atoms with Crippen LogP contribution in [0.2, 0.25) is 5.02 Å². The minimum atomic E-state index is -0.507. The predicted octanol–water partition coefficient (Wildman–Crippen LogP) is 3.93. The van der Waals surface area contributed by atoms with Gasteiger partial charge in [-0.2, -0.15) is 0 Å². The molecule has 0 spiro atoms. The summed E-state index contributed by atoms with van der Waals surface area (Å²) in [6, 6.07) is 5.21. The Kier molecular flexibility index (Phi) is 4.04. The van der Waals surface area contributed by atoms with E-state index in [0.717, 1.165) is 0 Å². The van der Waals surface area contributed by atoms with Gasteiger partial charge >= 0.3 is 5.97 Å². The molecule has 0 saturated carbocycles. The second kappa shape index (κ2) is 5.54. The highest BCUT2D eigenvalue weighted by molar-refractivity contribution is 9.10. The Balaban J connectivity index is 2.42. The Morgan fingerprint density at radius 1 is 1.56 bits per heavy atom. The third kappa shape index (κ3) is 2.57. The van der Waals surface area contributed by atoms with Gasteiger partial charge in [0.2, 0.25) is 0 Å². The molecule has 1 heterocycles. The Bertz CT molecular complexity index is 582. The van der Waals surface area contributed by atoms with Gasteiger partial charge in [0.25, 0.3) is 0 Å². The molecule has 6 heteroatoms. The van der Waals surface area contributed by atoms with Crippen molar-refractivity contribution in [1.82, 2.24) is 4.98 Å². The molecule has 0 aliphatic carbocycles. The SMILES string of the molecule is CCOC(=O)c1ncoc1-c1ccc(Cl)c(Br)c1. The van der Waals surface area contributed by atoms with Crippen molar-refractivity contribution in [3.63, 3.8) is 0 Å². The predicted molar refractivity (Wildman–Crippen MR) is 70.6 cm³/mol. The number of halogens is 2. The van der Waals surface area contributed by atoms with E-state index in [0.29, 0.717) is 20.8 Å². The topological polar surface area (TPSA) is 52.3 Å². The molecule has 0 aliphatic heterocycles. The first-order valence-corrected chi connectivity index (χ1v) is 6.36. The van der Waals surface area contributed by atoms with Crippen LogP contribution >= 0.6 is 27.5 Å². The molecule has 0 amide bonds. The van der Waals surface area contributed by atoms with Gasteiger partial charge in [0.05, 0.1) is 11.6 Å². The number of aromatic nitrogens is 1. The van der Waals surface area contributed by atoms with Crippen molar-refractivity contribution >= 4 is 33.5 Å². The molecule has 0 saturated heterocycles. The van der Waals surface area contributed by atoms with Gasteiger partial charge < -0.3 is 9.15 Å². The number of esters is 1. The van der Waals surface area contributed by atoms with E-state index in [1.54, 1.807) is 25.1 Å². The number of hydrogen-bond donors (Lipinski definition) is 0. The summed E-state index contributed by atoms with van der Waals surface area (Å²) in [7, 11) is 0. The van der Waals surface area contributed by atoms with E-state index in [-0.39, 0.29) is 12.3 Å². The van der Waals surface area contributed by atoms with Gasteiger partial charge in [-0.3, -0.25) is 0 Å². The van der Waals surface area contributed by atoms with Crippen molar-refractivity contribution in [2.24, 2.45) is 0 Å². The molecule has 1 aromatic heterocycles. The standard InChI is InChI=1S/C12H9BrClNO3/c1-2-17-12(16)10-11(18-6-15-10)7-3-4-9(14)8(13)5-7/h3-6H,2H2,1H3. The number of ether oxygens (including phenoxy) is 1. The maximum Gasteiger partial charge on any atom is 0.360 e. The second-order valence-corrected chi connectivity index (χ2v) is 4.64. The van der Waals surface area contributed by atoms with Crippen molar-refractivity contribution in [1.29, 1.82) is 0 Å². The Hall–Kier alpha value is -1.33. The maximum atomic E-state index is 11.7. The highest BCUT2D eigenvalue weighted by Crippen LogP contribution is 2.30. The summed E-state index contributed by atoms with van der Waals surface area (Å²) >= 11 is 9.22. The van der Waals surface area contributed by atoms with E-state index >= 15 is 0 Å². The van der Waals surface area contributed by atoms with Crippen LogP contribution < -0.4 is 0 Å². The fraction of sp³-hybridized carbons (Fsp3) is 0.167. The lowest BCUT2D eigenvalue weighted by atomic mass is 10.1. The quantitative estimate of drug-likeness (QED) is 0.800. The smallest absolute Gasteiger partial charge is 0.360 e. The van der Waals surface area contributed by atoms with Crippen molar-refractivity contribution in [2.45, 2.75) is 6.92 Å². The highest BCUT2D eigenvalue weighted by Gasteiger charge is 2.19. The molecule has 0 bridgehead atoms. The van der Waals surface area contributed by atoms with Crippen LogP contribution in [0.1, 0.15) is 17.4 Å². The van der Waals surface area contributed by atoms with Crippen molar-refractivity contribution in [2.75, 3.05) is 6.61 Å². The van der Waals surface area contributed by atoms with E-state index in [1.807, 2.05) is 0 Å². The Morgan fingerprint density at radius 2 is 2.33 bits per heavy atom. The largest absolute Gasteiger partial charge is 0.461 e.